The predicted octanol–water partition coefficient (Wildman–Crippen LogP) is 4.03. The van der Waals surface area contributed by atoms with Crippen LogP contribution in [0.5, 0.6) is 0 Å². The fraction of sp³-hybridized carbons (Fsp3) is 0.143. The average molecular weight is 307 g/mol. The van der Waals surface area contributed by atoms with Gasteiger partial charge in [-0.2, -0.15) is 0 Å². The van der Waals surface area contributed by atoms with Crippen molar-refractivity contribution in [2.24, 2.45) is 0 Å². The minimum absolute atomic E-state index is 0.325. The Hall–Kier alpha value is -1.85. The molecule has 20 heavy (non-hydrogen) atoms. The van der Waals surface area contributed by atoms with Gasteiger partial charge in [-0.05, 0) is 31.5 Å². The summed E-state index contributed by atoms with van der Waals surface area (Å²) < 4.78 is 1.81. The number of fused-ring (bicyclic) bond motifs is 1. The monoisotopic (exact) mass is 306 g/mol. The number of hydrogen-bond donors (Lipinski definition) is 1. The second-order valence-electron chi connectivity index (χ2n) is 4.56. The van der Waals surface area contributed by atoms with Crippen molar-refractivity contribution in [1.29, 1.82) is 0 Å². The Balaban J connectivity index is 2.14. The first kappa shape index (κ1) is 13.1. The number of halogens is 1. The van der Waals surface area contributed by atoms with Crippen LogP contribution in [0.2, 0.25) is 5.02 Å². The van der Waals surface area contributed by atoms with Gasteiger partial charge in [0.15, 0.2) is 4.96 Å². The minimum Gasteiger partial charge on any atom is -0.477 e. The number of thiazole rings is 1. The number of aryl methyl sites for hydroxylation is 2. The van der Waals surface area contributed by atoms with Gasteiger partial charge in [-0.3, -0.25) is 4.40 Å². The topological polar surface area (TPSA) is 54.6 Å². The molecule has 2 heterocycles. The first-order valence-electron chi connectivity index (χ1n) is 5.95. The quantitative estimate of drug-likeness (QED) is 0.777. The summed E-state index contributed by atoms with van der Waals surface area (Å²) in [5.74, 6) is -0.915. The number of imidazole rings is 1. The Morgan fingerprint density at radius 1 is 1.40 bits per heavy atom. The van der Waals surface area contributed by atoms with Crippen molar-refractivity contribution >= 4 is 33.9 Å². The van der Waals surface area contributed by atoms with E-state index in [1.54, 1.807) is 6.92 Å². The molecule has 102 valence electrons. The highest BCUT2D eigenvalue weighted by Crippen LogP contribution is 2.28. The Labute approximate surface area is 124 Å². The van der Waals surface area contributed by atoms with Crippen LogP contribution in [0.15, 0.2) is 24.4 Å². The normalized spacial score (nSPS) is 11.2. The summed E-state index contributed by atoms with van der Waals surface area (Å²) in [4.78, 5) is 16.6. The molecule has 6 heteroatoms. The van der Waals surface area contributed by atoms with E-state index in [1.807, 2.05) is 35.7 Å². The van der Waals surface area contributed by atoms with Crippen LogP contribution in [0.1, 0.15) is 20.9 Å². The van der Waals surface area contributed by atoms with E-state index in [-0.39, 0.29) is 0 Å². The fourth-order valence-electron chi connectivity index (χ4n) is 2.09. The van der Waals surface area contributed by atoms with Crippen LogP contribution in [0, 0.1) is 13.8 Å². The molecular formula is C14H11ClN2O2S. The van der Waals surface area contributed by atoms with Crippen molar-refractivity contribution in [2.45, 2.75) is 13.8 Å². The van der Waals surface area contributed by atoms with E-state index in [2.05, 4.69) is 4.98 Å². The molecule has 0 atom stereocenters. The molecule has 0 aliphatic rings. The average Bonchev–Trinajstić information content (AvgIpc) is 2.93. The molecule has 0 aliphatic carbocycles. The number of hydrogen-bond acceptors (Lipinski definition) is 3. The van der Waals surface area contributed by atoms with Crippen molar-refractivity contribution in [3.8, 4) is 11.3 Å². The third-order valence-electron chi connectivity index (χ3n) is 3.20. The molecule has 0 radical (unpaired) electrons. The third kappa shape index (κ3) is 1.99. The molecule has 0 unspecified atom stereocenters. The van der Waals surface area contributed by atoms with Crippen molar-refractivity contribution < 1.29 is 9.90 Å². The molecule has 3 rings (SSSR count). The van der Waals surface area contributed by atoms with Crippen molar-refractivity contribution in [2.75, 3.05) is 0 Å². The summed E-state index contributed by atoms with van der Waals surface area (Å²) >= 11 is 7.20. The molecule has 0 aliphatic heterocycles. The molecule has 0 saturated heterocycles. The summed E-state index contributed by atoms with van der Waals surface area (Å²) in [6, 6.07) is 5.73. The molecule has 2 aromatic heterocycles. The van der Waals surface area contributed by atoms with Gasteiger partial charge in [0.25, 0.3) is 0 Å². The Morgan fingerprint density at radius 3 is 2.75 bits per heavy atom. The molecule has 1 aromatic carbocycles. The zero-order valence-corrected chi connectivity index (χ0v) is 12.4. The third-order valence-corrected chi connectivity index (χ3v) is 4.77. The standard InChI is InChI=1S/C14H11ClN2O2S/c1-7-5-9(3-4-10(7)15)11-6-17-8(2)12(13(18)19)20-14(17)16-11/h3-6H,1-2H3,(H,18,19). The molecule has 0 bridgehead atoms. The maximum absolute atomic E-state index is 11.1. The lowest BCUT2D eigenvalue weighted by atomic mass is 10.1. The van der Waals surface area contributed by atoms with Crippen molar-refractivity contribution in [3.05, 3.63) is 45.6 Å². The van der Waals surface area contributed by atoms with Crippen LogP contribution in [0.3, 0.4) is 0 Å². The van der Waals surface area contributed by atoms with Gasteiger partial charge >= 0.3 is 5.97 Å². The van der Waals surface area contributed by atoms with Crippen LogP contribution < -0.4 is 0 Å². The van der Waals surface area contributed by atoms with Crippen LogP contribution in [0.25, 0.3) is 16.2 Å². The summed E-state index contributed by atoms with van der Waals surface area (Å²) in [5, 5.41) is 9.81. The number of rotatable bonds is 2. The first-order chi connectivity index (χ1) is 9.47. The lowest BCUT2D eigenvalue weighted by Gasteiger charge is -2.00. The number of carboxylic acids is 1. The molecule has 0 saturated carbocycles. The highest BCUT2D eigenvalue weighted by atomic mass is 35.5. The van der Waals surface area contributed by atoms with E-state index < -0.39 is 5.97 Å². The fourth-order valence-corrected chi connectivity index (χ4v) is 3.16. The SMILES string of the molecule is Cc1cc(-c2cn3c(C)c(C(=O)O)sc3n2)ccc1Cl. The molecule has 3 aromatic rings. The summed E-state index contributed by atoms with van der Waals surface area (Å²) in [6.45, 7) is 3.73. The van der Waals surface area contributed by atoms with E-state index >= 15 is 0 Å². The second-order valence-corrected chi connectivity index (χ2v) is 5.95. The molecule has 0 spiro atoms. The van der Waals surface area contributed by atoms with E-state index in [9.17, 15) is 4.79 Å². The Bertz CT molecular complexity index is 835. The summed E-state index contributed by atoms with van der Waals surface area (Å²) in [5.41, 5.74) is 3.47. The van der Waals surface area contributed by atoms with Gasteiger partial charge in [0.05, 0.1) is 5.69 Å². The van der Waals surface area contributed by atoms with Gasteiger partial charge in [-0.25, -0.2) is 9.78 Å². The van der Waals surface area contributed by atoms with Crippen LogP contribution in [0.4, 0.5) is 0 Å². The predicted molar refractivity (Wildman–Crippen MR) is 79.9 cm³/mol. The van der Waals surface area contributed by atoms with E-state index in [0.717, 1.165) is 21.8 Å². The molecule has 0 fully saturated rings. The number of carbonyl (C=O) groups is 1. The van der Waals surface area contributed by atoms with Crippen molar-refractivity contribution in [1.82, 2.24) is 9.38 Å². The number of aromatic carboxylic acids is 1. The van der Waals surface area contributed by atoms with Crippen molar-refractivity contribution in [3.63, 3.8) is 0 Å². The maximum Gasteiger partial charge on any atom is 0.347 e. The second kappa shape index (κ2) is 4.61. The minimum atomic E-state index is -0.915. The highest BCUT2D eigenvalue weighted by Gasteiger charge is 2.17. The Kier molecular flexibility index (Phi) is 3.03. The molecule has 1 N–H and O–H groups in total. The molecular weight excluding hydrogens is 296 g/mol. The van der Waals surface area contributed by atoms with Gasteiger partial charge in [0, 0.05) is 22.5 Å². The van der Waals surface area contributed by atoms with E-state index in [4.69, 9.17) is 16.7 Å². The lowest BCUT2D eigenvalue weighted by molar-refractivity contribution is 0.0701. The molecule has 0 amide bonds. The van der Waals surface area contributed by atoms with Crippen LogP contribution in [-0.4, -0.2) is 20.5 Å². The van der Waals surface area contributed by atoms with Crippen LogP contribution in [-0.2, 0) is 0 Å². The zero-order valence-electron chi connectivity index (χ0n) is 10.8. The van der Waals surface area contributed by atoms with Gasteiger partial charge in [-0.1, -0.05) is 29.0 Å². The van der Waals surface area contributed by atoms with Gasteiger partial charge in [0.2, 0.25) is 0 Å². The van der Waals surface area contributed by atoms with Crippen LogP contribution >= 0.6 is 22.9 Å². The number of benzene rings is 1. The zero-order chi connectivity index (χ0) is 14.4. The lowest BCUT2D eigenvalue weighted by Crippen LogP contribution is -1.96. The maximum atomic E-state index is 11.1. The number of carboxylic acid groups (broad SMARTS) is 1. The first-order valence-corrected chi connectivity index (χ1v) is 7.15. The Morgan fingerprint density at radius 2 is 2.15 bits per heavy atom. The largest absolute Gasteiger partial charge is 0.477 e. The number of nitrogens with zero attached hydrogens (tertiary/aromatic N) is 2. The van der Waals surface area contributed by atoms with Gasteiger partial charge in [0.1, 0.15) is 4.88 Å². The smallest absolute Gasteiger partial charge is 0.347 e. The van der Waals surface area contributed by atoms with Gasteiger partial charge < -0.3 is 5.11 Å². The summed E-state index contributed by atoms with van der Waals surface area (Å²) in [7, 11) is 0. The summed E-state index contributed by atoms with van der Waals surface area (Å²) in [6.07, 6.45) is 1.86. The molecule has 4 nitrogen and oxygen atoms in total. The number of aromatic nitrogens is 2. The van der Waals surface area contributed by atoms with Gasteiger partial charge in [-0.15, -0.1) is 0 Å². The highest BCUT2D eigenvalue weighted by molar-refractivity contribution is 7.19. The van der Waals surface area contributed by atoms with E-state index in [1.165, 1.54) is 11.3 Å². The van der Waals surface area contributed by atoms with E-state index in [0.29, 0.717) is 15.5 Å².